The third kappa shape index (κ3) is 5.49. The molecule has 0 spiro atoms. The van der Waals surface area contributed by atoms with E-state index in [4.69, 9.17) is 16.6 Å². The average Bonchev–Trinajstić information content (AvgIpc) is 2.77. The second-order valence-electron chi connectivity index (χ2n) is 3.68. The van der Waals surface area contributed by atoms with Gasteiger partial charge in [-0.1, -0.05) is 6.08 Å². The van der Waals surface area contributed by atoms with Crippen LogP contribution in [-0.4, -0.2) is 17.6 Å². The van der Waals surface area contributed by atoms with Crippen LogP contribution in [0.3, 0.4) is 0 Å². The number of aryl methyl sites for hydroxylation is 2. The Balaban J connectivity index is 2.17. The van der Waals surface area contributed by atoms with Crippen LogP contribution in [0.5, 0.6) is 0 Å². The van der Waals surface area contributed by atoms with Gasteiger partial charge in [0.25, 0.3) is 0 Å². The summed E-state index contributed by atoms with van der Waals surface area (Å²) in [6, 6.07) is 3.74. The molecule has 1 rings (SSSR count). The fourth-order valence-electron chi connectivity index (χ4n) is 1.25. The number of hydrogen-bond acceptors (Lipinski definition) is 3. The molecule has 1 aromatic heterocycles. The van der Waals surface area contributed by atoms with Gasteiger partial charge in [-0.05, 0) is 31.3 Å². The molecule has 98 valence electrons. The number of rotatable bonds is 5. The molecule has 6 heteroatoms. The first-order valence-electron chi connectivity index (χ1n) is 5.60. The largest absolute Gasteiger partial charge is 0.466 e. The van der Waals surface area contributed by atoms with Crippen molar-refractivity contribution in [2.24, 2.45) is 0 Å². The van der Waals surface area contributed by atoms with Gasteiger partial charge in [-0.25, -0.2) is 0 Å². The molecule has 0 aliphatic rings. The molecule has 5 nitrogen and oxygen atoms in total. The van der Waals surface area contributed by atoms with Crippen LogP contribution < -0.4 is 16.2 Å². The minimum Gasteiger partial charge on any atom is -0.466 e. The Labute approximate surface area is 112 Å². The van der Waals surface area contributed by atoms with Gasteiger partial charge in [-0.2, -0.15) is 0 Å². The van der Waals surface area contributed by atoms with Gasteiger partial charge in [0.1, 0.15) is 11.5 Å². The minimum atomic E-state index is -0.146. The maximum absolute atomic E-state index is 11.5. The summed E-state index contributed by atoms with van der Waals surface area (Å²) in [5.41, 5.74) is 5.10. The lowest BCUT2D eigenvalue weighted by Gasteiger charge is -2.09. The van der Waals surface area contributed by atoms with Gasteiger partial charge < -0.3 is 9.73 Å². The lowest BCUT2D eigenvalue weighted by Crippen LogP contribution is -2.46. The van der Waals surface area contributed by atoms with Crippen molar-refractivity contribution in [1.82, 2.24) is 16.2 Å². The topological polar surface area (TPSA) is 66.3 Å². The Morgan fingerprint density at radius 3 is 2.89 bits per heavy atom. The molecule has 0 aliphatic carbocycles. The highest BCUT2D eigenvalue weighted by Crippen LogP contribution is 2.08. The molecule has 3 N–H and O–H groups in total. The van der Waals surface area contributed by atoms with Crippen molar-refractivity contribution in [3.8, 4) is 0 Å². The molecule has 0 unspecified atom stereocenters. The Kier molecular flexibility index (Phi) is 5.93. The summed E-state index contributed by atoms with van der Waals surface area (Å²) in [5, 5.41) is 3.19. The molecular weight excluding hydrogens is 250 g/mol. The molecule has 0 aromatic carbocycles. The number of amides is 1. The second kappa shape index (κ2) is 7.50. The van der Waals surface area contributed by atoms with Gasteiger partial charge in [-0.3, -0.25) is 15.6 Å². The minimum absolute atomic E-state index is 0.146. The van der Waals surface area contributed by atoms with E-state index in [9.17, 15) is 4.79 Å². The van der Waals surface area contributed by atoms with E-state index in [2.05, 4.69) is 22.7 Å². The van der Waals surface area contributed by atoms with Gasteiger partial charge in [0.15, 0.2) is 5.11 Å². The van der Waals surface area contributed by atoms with Gasteiger partial charge in [0, 0.05) is 19.4 Å². The summed E-state index contributed by atoms with van der Waals surface area (Å²) >= 11 is 4.92. The third-order valence-corrected chi connectivity index (χ3v) is 2.36. The highest BCUT2D eigenvalue weighted by atomic mass is 32.1. The average molecular weight is 267 g/mol. The van der Waals surface area contributed by atoms with E-state index in [1.807, 2.05) is 19.1 Å². The van der Waals surface area contributed by atoms with E-state index in [0.29, 0.717) is 24.5 Å². The highest BCUT2D eigenvalue weighted by molar-refractivity contribution is 7.80. The van der Waals surface area contributed by atoms with E-state index in [0.717, 1.165) is 11.5 Å². The van der Waals surface area contributed by atoms with Gasteiger partial charge in [-0.15, -0.1) is 6.58 Å². The van der Waals surface area contributed by atoms with Crippen LogP contribution in [0.25, 0.3) is 0 Å². The van der Waals surface area contributed by atoms with Crippen LogP contribution in [0.15, 0.2) is 29.2 Å². The lowest BCUT2D eigenvalue weighted by atomic mass is 10.2. The smallest absolute Gasteiger partial charge is 0.238 e. The third-order valence-electron chi connectivity index (χ3n) is 2.12. The van der Waals surface area contributed by atoms with Crippen molar-refractivity contribution in [2.45, 2.75) is 19.8 Å². The molecule has 18 heavy (non-hydrogen) atoms. The Morgan fingerprint density at radius 2 is 2.28 bits per heavy atom. The monoisotopic (exact) mass is 267 g/mol. The molecule has 1 heterocycles. The van der Waals surface area contributed by atoms with E-state index < -0.39 is 0 Å². The molecule has 0 saturated carbocycles. The quantitative estimate of drug-likeness (QED) is 0.425. The summed E-state index contributed by atoms with van der Waals surface area (Å²) in [7, 11) is 0. The van der Waals surface area contributed by atoms with Crippen LogP contribution >= 0.6 is 12.2 Å². The van der Waals surface area contributed by atoms with Crippen molar-refractivity contribution < 1.29 is 9.21 Å². The van der Waals surface area contributed by atoms with Crippen molar-refractivity contribution in [3.63, 3.8) is 0 Å². The Morgan fingerprint density at radius 1 is 1.50 bits per heavy atom. The van der Waals surface area contributed by atoms with Crippen molar-refractivity contribution >= 4 is 23.2 Å². The molecule has 0 saturated heterocycles. The van der Waals surface area contributed by atoms with Gasteiger partial charge in [0.05, 0.1) is 0 Å². The summed E-state index contributed by atoms with van der Waals surface area (Å²) in [6.45, 7) is 5.96. The van der Waals surface area contributed by atoms with Gasteiger partial charge in [0.2, 0.25) is 5.91 Å². The van der Waals surface area contributed by atoms with Crippen LogP contribution in [0.4, 0.5) is 0 Å². The Bertz CT molecular complexity index is 429. The van der Waals surface area contributed by atoms with Gasteiger partial charge >= 0.3 is 0 Å². The van der Waals surface area contributed by atoms with E-state index >= 15 is 0 Å². The maximum atomic E-state index is 11.5. The second-order valence-corrected chi connectivity index (χ2v) is 4.09. The summed E-state index contributed by atoms with van der Waals surface area (Å²) < 4.78 is 5.36. The zero-order valence-electron chi connectivity index (χ0n) is 10.3. The van der Waals surface area contributed by atoms with Crippen molar-refractivity contribution in [2.75, 3.05) is 6.54 Å². The molecule has 1 aromatic rings. The SMILES string of the molecule is C=CCNC(=S)NNC(=O)CCc1ccc(C)o1. The summed E-state index contributed by atoms with van der Waals surface area (Å²) in [6.07, 6.45) is 2.58. The zero-order chi connectivity index (χ0) is 13.4. The van der Waals surface area contributed by atoms with E-state index in [-0.39, 0.29) is 5.91 Å². The maximum Gasteiger partial charge on any atom is 0.238 e. The summed E-state index contributed by atoms with van der Waals surface area (Å²) in [5.74, 6) is 1.50. The number of carbonyl (C=O) groups is 1. The predicted molar refractivity (Wildman–Crippen MR) is 73.8 cm³/mol. The molecule has 0 aliphatic heterocycles. The normalized spacial score (nSPS) is 9.61. The van der Waals surface area contributed by atoms with E-state index in [1.165, 1.54) is 0 Å². The highest BCUT2D eigenvalue weighted by Gasteiger charge is 2.04. The first-order chi connectivity index (χ1) is 8.61. The number of hydrogen-bond donors (Lipinski definition) is 3. The first kappa shape index (κ1) is 14.2. The van der Waals surface area contributed by atoms with Crippen LogP contribution in [-0.2, 0) is 11.2 Å². The van der Waals surface area contributed by atoms with Crippen molar-refractivity contribution in [1.29, 1.82) is 0 Å². The lowest BCUT2D eigenvalue weighted by molar-refractivity contribution is -0.121. The number of furan rings is 1. The van der Waals surface area contributed by atoms with Crippen LogP contribution in [0, 0.1) is 6.92 Å². The van der Waals surface area contributed by atoms with E-state index in [1.54, 1.807) is 6.08 Å². The van der Waals surface area contributed by atoms with Crippen molar-refractivity contribution in [3.05, 3.63) is 36.3 Å². The fraction of sp³-hybridized carbons (Fsp3) is 0.333. The Hall–Kier alpha value is -1.82. The predicted octanol–water partition coefficient (Wildman–Crippen LogP) is 1.20. The van der Waals surface area contributed by atoms with Crippen LogP contribution in [0.1, 0.15) is 17.9 Å². The molecule has 0 atom stereocenters. The fourth-order valence-corrected chi connectivity index (χ4v) is 1.39. The summed E-state index contributed by atoms with van der Waals surface area (Å²) in [4.78, 5) is 11.5. The molecule has 0 fully saturated rings. The standard InChI is InChI=1S/C12H17N3O2S/c1-3-8-13-12(18)15-14-11(16)7-6-10-5-4-9(2)17-10/h3-5H,1,6-8H2,2H3,(H,14,16)(H2,13,15,18). The molecule has 0 bridgehead atoms. The molecule has 1 amide bonds. The molecular formula is C12H17N3O2S. The number of hydrazine groups is 1. The number of nitrogens with one attached hydrogen (secondary N) is 3. The first-order valence-corrected chi connectivity index (χ1v) is 6.01. The number of thiocarbonyl (C=S) groups is 1. The van der Waals surface area contributed by atoms with Crippen LogP contribution in [0.2, 0.25) is 0 Å². The number of carbonyl (C=O) groups excluding carboxylic acids is 1. The molecule has 0 radical (unpaired) electrons. The zero-order valence-corrected chi connectivity index (χ0v) is 11.1.